The van der Waals surface area contributed by atoms with Gasteiger partial charge in [-0.2, -0.15) is 0 Å². The molecule has 1 aromatic rings. The molecule has 0 saturated carbocycles. The van der Waals surface area contributed by atoms with Crippen molar-refractivity contribution in [3.8, 4) is 5.75 Å². The van der Waals surface area contributed by atoms with Gasteiger partial charge in [-0.15, -0.1) is 0 Å². The fourth-order valence-corrected chi connectivity index (χ4v) is 2.02. The van der Waals surface area contributed by atoms with E-state index in [9.17, 15) is 4.79 Å². The molecule has 0 spiro atoms. The Balaban J connectivity index is 2.37. The van der Waals surface area contributed by atoms with Gasteiger partial charge in [-0.25, -0.2) is 0 Å². The van der Waals surface area contributed by atoms with E-state index in [1.807, 2.05) is 12.1 Å². The van der Waals surface area contributed by atoms with E-state index < -0.39 is 6.04 Å². The van der Waals surface area contributed by atoms with E-state index in [4.69, 9.17) is 10.5 Å². The molecule has 2 N–H and O–H groups in total. The normalized spacial score (nSPS) is 16.1. The fraction of sp³-hybridized carbons (Fsp3) is 0.462. The van der Waals surface area contributed by atoms with Crippen molar-refractivity contribution >= 4 is 11.5 Å². The number of nitrogens with zero attached hydrogens (tertiary/aromatic N) is 1. The molecule has 4 nitrogen and oxygen atoms in total. The molecule has 92 valence electrons. The van der Waals surface area contributed by atoms with Gasteiger partial charge in [-0.05, 0) is 32.0 Å². The third-order valence-electron chi connectivity index (χ3n) is 3.00. The molecular formula is C13H18N2O2. The summed E-state index contributed by atoms with van der Waals surface area (Å²) in [4.78, 5) is 14.0. The monoisotopic (exact) mass is 234 g/mol. The van der Waals surface area contributed by atoms with Crippen molar-refractivity contribution < 1.29 is 9.53 Å². The standard InChI is InChI=1S/C13H18N2O2/c1-3-15-6-7-17-12-5-4-10(8-11(12)15)13(16)9(2)14/h4-5,8-9H,3,6-7,14H2,1-2H3. The molecule has 1 unspecified atom stereocenters. The SMILES string of the molecule is CCN1CCOc2ccc(C(=O)C(C)N)cc21. The van der Waals surface area contributed by atoms with E-state index in [1.54, 1.807) is 13.0 Å². The zero-order valence-electron chi connectivity index (χ0n) is 10.3. The van der Waals surface area contributed by atoms with E-state index in [2.05, 4.69) is 11.8 Å². The Hall–Kier alpha value is -1.55. The number of ether oxygens (including phenoxy) is 1. The Morgan fingerprint density at radius 1 is 1.59 bits per heavy atom. The van der Waals surface area contributed by atoms with E-state index >= 15 is 0 Å². The Morgan fingerprint density at radius 3 is 3.00 bits per heavy atom. The van der Waals surface area contributed by atoms with Crippen LogP contribution < -0.4 is 15.4 Å². The zero-order valence-corrected chi connectivity index (χ0v) is 10.3. The number of Topliss-reactive ketones (excluding diaryl/α,β-unsaturated/α-hetero) is 1. The molecule has 0 fully saturated rings. The summed E-state index contributed by atoms with van der Waals surface area (Å²) >= 11 is 0. The Kier molecular flexibility index (Phi) is 3.33. The highest BCUT2D eigenvalue weighted by molar-refractivity contribution is 6.00. The number of carbonyl (C=O) groups excluding carboxylic acids is 1. The van der Waals surface area contributed by atoms with Gasteiger partial charge in [0.05, 0.1) is 18.3 Å². The van der Waals surface area contributed by atoms with E-state index in [0.29, 0.717) is 12.2 Å². The van der Waals surface area contributed by atoms with Gasteiger partial charge in [0.1, 0.15) is 12.4 Å². The summed E-state index contributed by atoms with van der Waals surface area (Å²) in [5, 5.41) is 0. The molecule has 0 radical (unpaired) electrons. The average Bonchev–Trinajstić information content (AvgIpc) is 2.36. The second-order valence-corrected chi connectivity index (χ2v) is 4.26. The number of nitrogens with two attached hydrogens (primary N) is 1. The summed E-state index contributed by atoms with van der Waals surface area (Å²) in [5.74, 6) is 0.814. The summed E-state index contributed by atoms with van der Waals surface area (Å²) in [6, 6.07) is 5.05. The molecular weight excluding hydrogens is 216 g/mol. The average molecular weight is 234 g/mol. The van der Waals surface area contributed by atoms with Gasteiger partial charge in [-0.3, -0.25) is 4.79 Å². The van der Waals surface area contributed by atoms with Crippen LogP contribution in [0, 0.1) is 0 Å². The summed E-state index contributed by atoms with van der Waals surface area (Å²) in [6.07, 6.45) is 0. The molecule has 2 rings (SSSR count). The van der Waals surface area contributed by atoms with Crippen LogP contribution in [-0.2, 0) is 0 Å². The van der Waals surface area contributed by atoms with Crippen molar-refractivity contribution in [3.05, 3.63) is 23.8 Å². The first-order valence-corrected chi connectivity index (χ1v) is 5.95. The van der Waals surface area contributed by atoms with Crippen LogP contribution in [0.4, 0.5) is 5.69 Å². The van der Waals surface area contributed by atoms with E-state index in [0.717, 1.165) is 24.5 Å². The first-order valence-electron chi connectivity index (χ1n) is 5.95. The van der Waals surface area contributed by atoms with Crippen molar-refractivity contribution in [1.82, 2.24) is 0 Å². The maximum absolute atomic E-state index is 11.8. The lowest BCUT2D eigenvalue weighted by Crippen LogP contribution is -2.33. The number of hydrogen-bond donors (Lipinski definition) is 1. The smallest absolute Gasteiger partial charge is 0.179 e. The predicted octanol–water partition coefficient (Wildman–Crippen LogP) is 1.44. The van der Waals surface area contributed by atoms with Crippen LogP contribution in [0.5, 0.6) is 5.75 Å². The van der Waals surface area contributed by atoms with Crippen molar-refractivity contribution in [2.24, 2.45) is 5.73 Å². The first-order chi connectivity index (χ1) is 8.13. The highest BCUT2D eigenvalue weighted by atomic mass is 16.5. The number of ketones is 1. The number of anilines is 1. The number of hydrogen-bond acceptors (Lipinski definition) is 4. The Bertz CT molecular complexity index is 429. The molecule has 0 aromatic heterocycles. The lowest BCUT2D eigenvalue weighted by Gasteiger charge is -2.30. The lowest BCUT2D eigenvalue weighted by atomic mass is 10.0. The van der Waals surface area contributed by atoms with Crippen molar-refractivity contribution in [2.45, 2.75) is 19.9 Å². The molecule has 4 heteroatoms. The van der Waals surface area contributed by atoms with Crippen LogP contribution in [-0.4, -0.2) is 31.5 Å². The zero-order chi connectivity index (χ0) is 12.4. The topological polar surface area (TPSA) is 55.6 Å². The molecule has 1 atom stereocenters. The maximum atomic E-state index is 11.8. The molecule has 0 saturated heterocycles. The summed E-state index contributed by atoms with van der Waals surface area (Å²) in [6.45, 7) is 6.26. The summed E-state index contributed by atoms with van der Waals surface area (Å²) in [7, 11) is 0. The van der Waals surface area contributed by atoms with Crippen LogP contribution >= 0.6 is 0 Å². The Morgan fingerprint density at radius 2 is 2.35 bits per heavy atom. The first kappa shape index (κ1) is 11.9. The summed E-state index contributed by atoms with van der Waals surface area (Å²) in [5.41, 5.74) is 7.26. The molecule has 1 aromatic carbocycles. The number of fused-ring (bicyclic) bond motifs is 1. The van der Waals surface area contributed by atoms with Crippen LogP contribution in [0.15, 0.2) is 18.2 Å². The molecule has 0 amide bonds. The molecule has 1 heterocycles. The Labute approximate surface area is 101 Å². The lowest BCUT2D eigenvalue weighted by molar-refractivity contribution is 0.0968. The van der Waals surface area contributed by atoms with Gasteiger partial charge in [0.15, 0.2) is 5.78 Å². The number of benzene rings is 1. The molecule has 1 aliphatic heterocycles. The minimum absolute atomic E-state index is 0.0329. The number of rotatable bonds is 3. The highest BCUT2D eigenvalue weighted by Crippen LogP contribution is 2.32. The van der Waals surface area contributed by atoms with E-state index in [1.165, 1.54) is 0 Å². The molecule has 0 aliphatic carbocycles. The maximum Gasteiger partial charge on any atom is 0.179 e. The van der Waals surface area contributed by atoms with Gasteiger partial charge >= 0.3 is 0 Å². The molecule has 17 heavy (non-hydrogen) atoms. The van der Waals surface area contributed by atoms with Crippen molar-refractivity contribution in [2.75, 3.05) is 24.6 Å². The highest BCUT2D eigenvalue weighted by Gasteiger charge is 2.19. The third kappa shape index (κ3) is 2.26. The molecule has 0 bridgehead atoms. The van der Waals surface area contributed by atoms with Gasteiger partial charge in [0.25, 0.3) is 0 Å². The van der Waals surface area contributed by atoms with Crippen LogP contribution in [0.2, 0.25) is 0 Å². The van der Waals surface area contributed by atoms with Crippen LogP contribution in [0.3, 0.4) is 0 Å². The van der Waals surface area contributed by atoms with Crippen LogP contribution in [0.25, 0.3) is 0 Å². The number of likely N-dealkylation sites (N-methyl/N-ethyl adjacent to an activating group) is 1. The molecule has 1 aliphatic rings. The van der Waals surface area contributed by atoms with Crippen molar-refractivity contribution in [3.63, 3.8) is 0 Å². The minimum atomic E-state index is -0.465. The fourth-order valence-electron chi connectivity index (χ4n) is 2.02. The largest absolute Gasteiger partial charge is 0.490 e. The van der Waals surface area contributed by atoms with Gasteiger partial charge in [0, 0.05) is 12.1 Å². The van der Waals surface area contributed by atoms with Gasteiger partial charge in [-0.1, -0.05) is 0 Å². The third-order valence-corrected chi connectivity index (χ3v) is 3.00. The van der Waals surface area contributed by atoms with Gasteiger partial charge in [0.2, 0.25) is 0 Å². The predicted molar refractivity (Wildman–Crippen MR) is 67.8 cm³/mol. The van der Waals surface area contributed by atoms with Gasteiger partial charge < -0.3 is 15.4 Å². The quantitative estimate of drug-likeness (QED) is 0.804. The second-order valence-electron chi connectivity index (χ2n) is 4.26. The van der Waals surface area contributed by atoms with Crippen LogP contribution in [0.1, 0.15) is 24.2 Å². The summed E-state index contributed by atoms with van der Waals surface area (Å²) < 4.78 is 5.57. The van der Waals surface area contributed by atoms with Crippen molar-refractivity contribution in [1.29, 1.82) is 0 Å². The number of carbonyl (C=O) groups is 1. The minimum Gasteiger partial charge on any atom is -0.490 e. The van der Waals surface area contributed by atoms with E-state index in [-0.39, 0.29) is 5.78 Å². The second kappa shape index (κ2) is 4.75.